The molecule has 0 saturated carbocycles. The van der Waals surface area contributed by atoms with Gasteiger partial charge < -0.3 is 19.8 Å². The first-order valence-corrected chi connectivity index (χ1v) is 20.0. The van der Waals surface area contributed by atoms with E-state index in [0.717, 1.165) is 36.5 Å². The van der Waals surface area contributed by atoms with Gasteiger partial charge in [-0.05, 0) is 104 Å². The quantitative estimate of drug-likeness (QED) is 0.257. The van der Waals surface area contributed by atoms with Crippen molar-refractivity contribution >= 4 is 29.3 Å². The molecule has 6 aliphatic rings. The number of phenols is 1. The first-order chi connectivity index (χ1) is 27.5. The number of benzene rings is 3. The highest BCUT2D eigenvalue weighted by Crippen LogP contribution is 2.46. The van der Waals surface area contributed by atoms with Crippen LogP contribution in [0.1, 0.15) is 89.3 Å². The first kappa shape index (κ1) is 38.5. The van der Waals surface area contributed by atoms with Crippen molar-refractivity contribution in [3.8, 4) is 5.75 Å². The van der Waals surface area contributed by atoms with Gasteiger partial charge in [0, 0.05) is 74.3 Å². The number of halogens is 4. The van der Waals surface area contributed by atoms with Crippen molar-refractivity contribution in [2.45, 2.75) is 89.6 Å². The van der Waals surface area contributed by atoms with Crippen LogP contribution in [0.5, 0.6) is 5.75 Å². The molecule has 9 rings (SSSR count). The van der Waals surface area contributed by atoms with Crippen molar-refractivity contribution < 1.29 is 41.8 Å². The highest BCUT2D eigenvalue weighted by molar-refractivity contribution is 6.05. The average molecular weight is 803 g/mol. The summed E-state index contributed by atoms with van der Waals surface area (Å²) in [6.45, 7) is 5.86. The number of piperidine rings is 2. The molecule has 3 atom stereocenters. The van der Waals surface area contributed by atoms with E-state index in [1.54, 1.807) is 17.9 Å². The lowest BCUT2D eigenvalue weighted by Gasteiger charge is -2.55. The van der Waals surface area contributed by atoms with E-state index in [4.69, 9.17) is 0 Å². The van der Waals surface area contributed by atoms with Crippen LogP contribution in [0.4, 0.5) is 23.2 Å². The second kappa shape index (κ2) is 14.1. The number of amides is 4. The van der Waals surface area contributed by atoms with E-state index < -0.39 is 48.1 Å². The fraction of sp³-hybridized carbons (Fsp3) is 0.488. The zero-order chi connectivity index (χ0) is 40.8. The Labute approximate surface area is 333 Å². The molecule has 4 amide bonds. The number of rotatable bonds is 7. The van der Waals surface area contributed by atoms with Gasteiger partial charge in [0.05, 0.1) is 19.1 Å². The molecule has 3 saturated heterocycles. The molecule has 6 heterocycles. The molecule has 3 fully saturated rings. The molecule has 0 radical (unpaired) electrons. The fourth-order valence-electron chi connectivity index (χ4n) is 10.2. The van der Waals surface area contributed by atoms with E-state index >= 15 is 8.78 Å². The minimum atomic E-state index is -3.10. The molecule has 58 heavy (non-hydrogen) atoms. The van der Waals surface area contributed by atoms with Crippen LogP contribution in [0, 0.1) is 17.0 Å². The number of phenolic OH excluding ortho intramolecular Hbond substituents is 1. The molecule has 2 N–H and O–H groups in total. The number of likely N-dealkylation sites (tertiary alicyclic amines) is 1. The van der Waals surface area contributed by atoms with Crippen LogP contribution in [0.25, 0.3) is 0 Å². The van der Waals surface area contributed by atoms with E-state index in [-0.39, 0.29) is 54.0 Å². The second-order valence-corrected chi connectivity index (χ2v) is 17.5. The number of anilines is 1. The fourth-order valence-corrected chi connectivity index (χ4v) is 10.2. The summed E-state index contributed by atoms with van der Waals surface area (Å²) in [6, 6.07) is 8.69. The Hall–Kier alpha value is -5.02. The molecule has 11 nitrogen and oxygen atoms in total. The SMILES string of the molecule is C[C@@H]1Cc2cc(O)ccc2[C@@H](c2c(F)cc(N3CC4(CCN(CC(=O)N5Cc6cc7c(cc6C5)C(=O)N(C5CCC(=O)NC5=O)C7)CC4)C3)cc2F)N1CC(C)(F)F. The molecule has 1 spiro atoms. The maximum atomic E-state index is 16.1. The largest absolute Gasteiger partial charge is 0.508 e. The lowest BCUT2D eigenvalue weighted by molar-refractivity contribution is -0.137. The van der Waals surface area contributed by atoms with Gasteiger partial charge in [0.25, 0.3) is 11.8 Å². The molecule has 1 unspecified atom stereocenters. The molecule has 306 valence electrons. The van der Waals surface area contributed by atoms with Crippen molar-refractivity contribution in [1.82, 2.24) is 24.9 Å². The van der Waals surface area contributed by atoms with Gasteiger partial charge >= 0.3 is 0 Å². The highest BCUT2D eigenvalue weighted by Gasteiger charge is 2.47. The van der Waals surface area contributed by atoms with E-state index in [1.165, 1.54) is 34.1 Å². The standard InChI is InChI=1S/C43H46F4N6O5/c1-24-11-25-13-30(54)3-4-31(25)39(53(24)21-42(2,46)47)38-33(44)15-29(16-34(38)45)51-22-43(23-51)7-9-49(10-8-43)20-37(56)50-17-26-12-28-19-52(35-5-6-36(55)48-40(35)57)41(58)32(28)14-27(26)18-50/h3-4,12-16,24,35,39,54H,5-11,17-23H2,1-2H3,(H,48,55,57)/t24-,35?,39+/m1/s1. The van der Waals surface area contributed by atoms with Crippen LogP contribution in [0.15, 0.2) is 42.5 Å². The number of imide groups is 1. The third-order valence-electron chi connectivity index (χ3n) is 13.2. The number of hydrogen-bond donors (Lipinski definition) is 2. The topological polar surface area (TPSA) is 117 Å². The number of nitrogens with one attached hydrogen (secondary N) is 1. The Bertz CT molecular complexity index is 2210. The van der Waals surface area contributed by atoms with Gasteiger partial charge in [-0.15, -0.1) is 0 Å². The smallest absolute Gasteiger partial charge is 0.257 e. The van der Waals surface area contributed by atoms with Gasteiger partial charge in [0.1, 0.15) is 23.4 Å². The van der Waals surface area contributed by atoms with Crippen LogP contribution >= 0.6 is 0 Å². The van der Waals surface area contributed by atoms with Crippen LogP contribution in [0.3, 0.4) is 0 Å². The zero-order valence-corrected chi connectivity index (χ0v) is 32.5. The number of nitrogens with zero attached hydrogens (tertiary/aromatic N) is 5. The summed E-state index contributed by atoms with van der Waals surface area (Å²) in [7, 11) is 0. The number of alkyl halides is 2. The molecule has 3 aromatic rings. The van der Waals surface area contributed by atoms with Gasteiger partial charge in [-0.3, -0.25) is 34.3 Å². The number of fused-ring (bicyclic) bond motifs is 3. The van der Waals surface area contributed by atoms with Gasteiger partial charge in [-0.25, -0.2) is 17.6 Å². The maximum absolute atomic E-state index is 16.1. The van der Waals surface area contributed by atoms with Crippen molar-refractivity contribution in [3.63, 3.8) is 0 Å². The van der Waals surface area contributed by atoms with Crippen molar-refractivity contribution in [2.24, 2.45) is 5.41 Å². The molecule has 0 aliphatic carbocycles. The maximum Gasteiger partial charge on any atom is 0.257 e. The van der Waals surface area contributed by atoms with Crippen molar-refractivity contribution in [2.75, 3.05) is 44.2 Å². The van der Waals surface area contributed by atoms with Crippen LogP contribution in [-0.2, 0) is 40.4 Å². The predicted octanol–water partition coefficient (Wildman–Crippen LogP) is 4.87. The van der Waals surface area contributed by atoms with Crippen LogP contribution in [-0.4, -0.2) is 106 Å². The Morgan fingerprint density at radius 3 is 2.29 bits per heavy atom. The number of carbonyl (C=O) groups excluding carboxylic acids is 4. The third-order valence-corrected chi connectivity index (χ3v) is 13.2. The van der Waals surface area contributed by atoms with E-state index in [9.17, 15) is 33.1 Å². The molecule has 15 heteroatoms. The highest BCUT2D eigenvalue weighted by atomic mass is 19.3. The number of aromatic hydroxyl groups is 1. The summed E-state index contributed by atoms with van der Waals surface area (Å²) in [5.41, 5.74) is 4.48. The third kappa shape index (κ3) is 6.89. The van der Waals surface area contributed by atoms with Gasteiger partial charge in [-0.1, -0.05) is 12.1 Å². The number of hydrogen-bond acceptors (Lipinski definition) is 8. The van der Waals surface area contributed by atoms with E-state index in [2.05, 4.69) is 10.2 Å². The lowest BCUT2D eigenvalue weighted by atomic mass is 9.71. The second-order valence-electron chi connectivity index (χ2n) is 17.5. The summed E-state index contributed by atoms with van der Waals surface area (Å²) in [4.78, 5) is 59.7. The molecule has 0 bridgehead atoms. The minimum Gasteiger partial charge on any atom is -0.508 e. The van der Waals surface area contributed by atoms with Gasteiger partial charge in [0.15, 0.2) is 0 Å². The number of carbonyl (C=O) groups is 4. The van der Waals surface area contributed by atoms with Crippen molar-refractivity contribution in [1.29, 1.82) is 0 Å². The molecular formula is C43H46F4N6O5. The zero-order valence-electron chi connectivity index (χ0n) is 32.5. The molecule has 3 aromatic carbocycles. The normalized spacial score (nSPS) is 24.5. The molecular weight excluding hydrogens is 757 g/mol. The first-order valence-electron chi connectivity index (χ1n) is 20.0. The monoisotopic (exact) mass is 802 g/mol. The Morgan fingerprint density at radius 2 is 1.62 bits per heavy atom. The Morgan fingerprint density at radius 1 is 0.931 bits per heavy atom. The molecule has 6 aliphatic heterocycles. The van der Waals surface area contributed by atoms with Crippen LogP contribution < -0.4 is 10.2 Å². The summed E-state index contributed by atoms with van der Waals surface area (Å²) >= 11 is 0. The molecule has 0 aromatic heterocycles. The van der Waals surface area contributed by atoms with Crippen molar-refractivity contribution in [3.05, 3.63) is 93.0 Å². The van der Waals surface area contributed by atoms with E-state index in [1.807, 2.05) is 17.0 Å². The summed E-state index contributed by atoms with van der Waals surface area (Å²) in [5.74, 6) is -5.72. The summed E-state index contributed by atoms with van der Waals surface area (Å²) < 4.78 is 61.1. The van der Waals surface area contributed by atoms with Gasteiger partial charge in [-0.2, -0.15) is 0 Å². The Kier molecular flexibility index (Phi) is 9.34. The average Bonchev–Trinajstić information content (AvgIpc) is 3.70. The van der Waals surface area contributed by atoms with E-state index in [0.29, 0.717) is 74.5 Å². The lowest BCUT2D eigenvalue weighted by Crippen LogP contribution is -2.61. The summed E-state index contributed by atoms with van der Waals surface area (Å²) in [5, 5.41) is 12.4. The predicted molar refractivity (Wildman–Crippen MR) is 204 cm³/mol. The van der Waals surface area contributed by atoms with Crippen LogP contribution in [0.2, 0.25) is 0 Å². The van der Waals surface area contributed by atoms with Gasteiger partial charge in [0.2, 0.25) is 17.7 Å². The minimum absolute atomic E-state index is 0.00177. The summed E-state index contributed by atoms with van der Waals surface area (Å²) in [6.07, 6.45) is 2.49. The Balaban J connectivity index is 0.805.